The van der Waals surface area contributed by atoms with E-state index >= 15 is 0 Å². The van der Waals surface area contributed by atoms with Gasteiger partial charge in [-0.3, -0.25) is 9.20 Å². The summed E-state index contributed by atoms with van der Waals surface area (Å²) in [6.07, 6.45) is 3.92. The predicted octanol–water partition coefficient (Wildman–Crippen LogP) is 3.57. The Balaban J connectivity index is 1.47. The molecule has 2 aromatic carbocycles. The Hall–Kier alpha value is -3.01. The van der Waals surface area contributed by atoms with Crippen molar-refractivity contribution in [2.75, 3.05) is 19.4 Å². The average molecular weight is 427 g/mol. The number of nitrogens with one attached hydrogen (secondary N) is 1. The third kappa shape index (κ3) is 3.80. The molecule has 0 bridgehead atoms. The highest BCUT2D eigenvalue weighted by Crippen LogP contribution is 2.23. The number of amides is 1. The lowest BCUT2D eigenvalue weighted by molar-refractivity contribution is 0.102. The van der Waals surface area contributed by atoms with Crippen LogP contribution in [0.2, 0.25) is 0 Å². The number of imidazole rings is 1. The number of sulfonamides is 1. The summed E-state index contributed by atoms with van der Waals surface area (Å²) in [6, 6.07) is 13.3. The van der Waals surface area contributed by atoms with Crippen LogP contribution in [0.25, 0.3) is 16.2 Å². The molecular weight excluding hydrogens is 408 g/mol. The Bertz CT molecular complexity index is 1240. The molecule has 29 heavy (non-hydrogen) atoms. The molecule has 0 atom stereocenters. The van der Waals surface area contributed by atoms with Gasteiger partial charge in [-0.2, -0.15) is 0 Å². The number of hydrogen-bond acceptors (Lipinski definition) is 5. The van der Waals surface area contributed by atoms with E-state index in [1.165, 1.54) is 38.4 Å². The number of hydrogen-bond donors (Lipinski definition) is 1. The third-order valence-corrected chi connectivity index (χ3v) is 7.03. The molecule has 0 aliphatic carbocycles. The molecule has 148 valence electrons. The summed E-state index contributed by atoms with van der Waals surface area (Å²) in [7, 11) is -0.591. The normalized spacial score (nSPS) is 11.8. The van der Waals surface area contributed by atoms with E-state index < -0.39 is 10.0 Å². The zero-order valence-electron chi connectivity index (χ0n) is 15.7. The molecule has 0 spiro atoms. The van der Waals surface area contributed by atoms with E-state index in [-0.39, 0.29) is 10.8 Å². The van der Waals surface area contributed by atoms with Crippen LogP contribution in [-0.4, -0.2) is 42.1 Å². The quantitative estimate of drug-likeness (QED) is 0.529. The second kappa shape index (κ2) is 7.43. The van der Waals surface area contributed by atoms with Crippen LogP contribution in [0.1, 0.15) is 10.4 Å². The van der Waals surface area contributed by atoms with Crippen molar-refractivity contribution in [1.82, 2.24) is 13.7 Å². The van der Waals surface area contributed by atoms with Crippen LogP contribution < -0.4 is 5.32 Å². The minimum absolute atomic E-state index is 0.142. The van der Waals surface area contributed by atoms with Crippen LogP contribution in [0, 0.1) is 0 Å². The van der Waals surface area contributed by atoms with Gasteiger partial charge in [-0.15, -0.1) is 11.3 Å². The van der Waals surface area contributed by atoms with Crippen molar-refractivity contribution < 1.29 is 13.2 Å². The summed E-state index contributed by atoms with van der Waals surface area (Å²) in [4.78, 5) is 18.1. The largest absolute Gasteiger partial charge is 0.322 e. The third-order valence-electron chi connectivity index (χ3n) is 4.43. The summed E-state index contributed by atoms with van der Waals surface area (Å²) in [6.45, 7) is 0. The summed E-state index contributed by atoms with van der Waals surface area (Å²) in [5, 5.41) is 4.80. The first-order valence-electron chi connectivity index (χ1n) is 8.71. The lowest BCUT2D eigenvalue weighted by Gasteiger charge is -2.11. The molecule has 4 aromatic rings. The maximum Gasteiger partial charge on any atom is 0.255 e. The van der Waals surface area contributed by atoms with E-state index in [0.717, 1.165) is 20.5 Å². The van der Waals surface area contributed by atoms with Gasteiger partial charge in [-0.1, -0.05) is 12.1 Å². The molecule has 0 aliphatic rings. The van der Waals surface area contributed by atoms with Gasteiger partial charge in [0, 0.05) is 48.7 Å². The van der Waals surface area contributed by atoms with E-state index in [0.29, 0.717) is 11.3 Å². The Morgan fingerprint density at radius 1 is 1.07 bits per heavy atom. The van der Waals surface area contributed by atoms with Crippen molar-refractivity contribution in [2.24, 2.45) is 0 Å². The maximum atomic E-state index is 12.5. The highest BCUT2D eigenvalue weighted by molar-refractivity contribution is 7.89. The lowest BCUT2D eigenvalue weighted by Crippen LogP contribution is -2.22. The molecule has 2 heterocycles. The first kappa shape index (κ1) is 19.3. The molecule has 0 unspecified atom stereocenters. The topological polar surface area (TPSA) is 83.8 Å². The molecule has 9 heteroatoms. The highest BCUT2D eigenvalue weighted by Gasteiger charge is 2.17. The van der Waals surface area contributed by atoms with Crippen LogP contribution in [0.15, 0.2) is 71.2 Å². The minimum Gasteiger partial charge on any atom is -0.322 e. The van der Waals surface area contributed by atoms with Crippen LogP contribution in [0.3, 0.4) is 0 Å². The van der Waals surface area contributed by atoms with E-state index in [9.17, 15) is 13.2 Å². The lowest BCUT2D eigenvalue weighted by atomic mass is 10.1. The van der Waals surface area contributed by atoms with E-state index in [1.807, 2.05) is 46.4 Å². The minimum atomic E-state index is -3.52. The number of rotatable bonds is 5. The van der Waals surface area contributed by atoms with Gasteiger partial charge in [0.05, 0.1) is 10.6 Å². The maximum absolute atomic E-state index is 12.5. The van der Waals surface area contributed by atoms with Crippen LogP contribution in [0.5, 0.6) is 0 Å². The number of thiazole rings is 1. The fourth-order valence-corrected chi connectivity index (χ4v) is 4.38. The van der Waals surface area contributed by atoms with Gasteiger partial charge in [0.1, 0.15) is 0 Å². The van der Waals surface area contributed by atoms with Crippen molar-refractivity contribution >= 4 is 37.9 Å². The highest BCUT2D eigenvalue weighted by atomic mass is 32.2. The molecule has 0 fully saturated rings. The smallest absolute Gasteiger partial charge is 0.255 e. The Labute approximate surface area is 172 Å². The SMILES string of the molecule is CN(C)S(=O)(=O)c1ccc(C(=O)Nc2ccc(-c3cn4ccsc4n3)cc2)cc1. The predicted molar refractivity (Wildman–Crippen MR) is 114 cm³/mol. The number of aromatic nitrogens is 2. The molecule has 0 aliphatic heterocycles. The molecule has 4 rings (SSSR count). The van der Waals surface area contributed by atoms with Crippen LogP contribution in [0.4, 0.5) is 5.69 Å². The van der Waals surface area contributed by atoms with Crippen molar-refractivity contribution in [1.29, 1.82) is 0 Å². The fraction of sp³-hybridized carbons (Fsp3) is 0.100. The van der Waals surface area contributed by atoms with Crippen molar-refractivity contribution in [3.05, 3.63) is 71.9 Å². The zero-order valence-corrected chi connectivity index (χ0v) is 17.4. The first-order valence-corrected chi connectivity index (χ1v) is 11.0. The Morgan fingerprint density at radius 2 is 1.76 bits per heavy atom. The second-order valence-electron chi connectivity index (χ2n) is 6.56. The summed E-state index contributed by atoms with van der Waals surface area (Å²) < 4.78 is 27.3. The Morgan fingerprint density at radius 3 is 2.38 bits per heavy atom. The molecule has 2 aromatic heterocycles. The first-order chi connectivity index (χ1) is 13.8. The zero-order chi connectivity index (χ0) is 20.6. The number of nitrogens with zero attached hydrogens (tertiary/aromatic N) is 3. The van der Waals surface area contributed by atoms with Crippen molar-refractivity contribution in [3.8, 4) is 11.3 Å². The van der Waals surface area contributed by atoms with Gasteiger partial charge in [-0.25, -0.2) is 17.7 Å². The van der Waals surface area contributed by atoms with E-state index in [1.54, 1.807) is 11.3 Å². The molecule has 1 amide bonds. The van der Waals surface area contributed by atoms with Gasteiger partial charge in [-0.05, 0) is 36.4 Å². The summed E-state index contributed by atoms with van der Waals surface area (Å²) in [5.41, 5.74) is 2.84. The molecule has 0 saturated heterocycles. The number of carbonyl (C=O) groups excluding carboxylic acids is 1. The number of carbonyl (C=O) groups is 1. The van der Waals surface area contributed by atoms with Crippen LogP contribution >= 0.6 is 11.3 Å². The molecule has 1 N–H and O–H groups in total. The fourth-order valence-electron chi connectivity index (χ4n) is 2.78. The van der Waals surface area contributed by atoms with Crippen molar-refractivity contribution in [2.45, 2.75) is 4.90 Å². The molecule has 7 nitrogen and oxygen atoms in total. The standard InChI is InChI=1S/C20H18N4O3S2/c1-23(2)29(26,27)17-9-5-15(6-10-17)19(25)21-16-7-3-14(4-8-16)18-13-24-11-12-28-20(24)22-18/h3-13H,1-2H3,(H,21,25). The van der Waals surface area contributed by atoms with Gasteiger partial charge >= 0.3 is 0 Å². The van der Waals surface area contributed by atoms with Gasteiger partial charge in [0.15, 0.2) is 4.96 Å². The summed E-state index contributed by atoms with van der Waals surface area (Å²) in [5.74, 6) is -0.311. The van der Waals surface area contributed by atoms with E-state index in [4.69, 9.17) is 0 Å². The average Bonchev–Trinajstić information content (AvgIpc) is 3.31. The molecule has 0 saturated carbocycles. The number of benzene rings is 2. The number of fused-ring (bicyclic) bond motifs is 1. The second-order valence-corrected chi connectivity index (χ2v) is 9.59. The molecule has 0 radical (unpaired) electrons. The van der Waals surface area contributed by atoms with Gasteiger partial charge < -0.3 is 5.32 Å². The van der Waals surface area contributed by atoms with Crippen LogP contribution in [-0.2, 0) is 10.0 Å². The summed E-state index contributed by atoms with van der Waals surface area (Å²) >= 11 is 1.57. The monoisotopic (exact) mass is 426 g/mol. The van der Waals surface area contributed by atoms with Gasteiger partial charge in [0.25, 0.3) is 5.91 Å². The Kier molecular flexibility index (Phi) is 4.95. The van der Waals surface area contributed by atoms with Gasteiger partial charge in [0.2, 0.25) is 10.0 Å². The molecular formula is C20H18N4O3S2. The number of anilines is 1. The van der Waals surface area contributed by atoms with Crippen molar-refractivity contribution in [3.63, 3.8) is 0 Å². The van der Waals surface area contributed by atoms with E-state index in [2.05, 4.69) is 10.3 Å².